The van der Waals surface area contributed by atoms with Crippen LogP contribution in [0.5, 0.6) is 0 Å². The molecule has 0 bridgehead atoms. The molecule has 1 unspecified atom stereocenters. The Morgan fingerprint density at radius 2 is 2.00 bits per heavy atom. The fraction of sp³-hybridized carbons (Fsp3) is 0.125. The van der Waals surface area contributed by atoms with E-state index in [9.17, 15) is 9.70 Å². The van der Waals surface area contributed by atoms with Crippen molar-refractivity contribution in [2.45, 2.75) is 6.10 Å². The van der Waals surface area contributed by atoms with Gasteiger partial charge in [0.25, 0.3) is 5.91 Å². The van der Waals surface area contributed by atoms with Crippen molar-refractivity contribution in [1.29, 1.82) is 0 Å². The third kappa shape index (κ3) is 2.26. The standard InChI is InChI=1S/C8H8N2O3/c9-8(11)7(13-10-12)6-4-2-1-3-5-6/h1-5,7H,(H2,9,11). The lowest BCUT2D eigenvalue weighted by molar-refractivity contribution is -0.130. The van der Waals surface area contributed by atoms with E-state index < -0.39 is 12.0 Å². The van der Waals surface area contributed by atoms with E-state index in [1.165, 1.54) is 0 Å². The predicted molar refractivity (Wildman–Crippen MR) is 45.3 cm³/mol. The maximum absolute atomic E-state index is 10.8. The van der Waals surface area contributed by atoms with Crippen molar-refractivity contribution in [1.82, 2.24) is 0 Å². The Labute approximate surface area is 74.4 Å². The average Bonchev–Trinajstić information content (AvgIpc) is 2.15. The molecule has 5 nitrogen and oxygen atoms in total. The summed E-state index contributed by atoms with van der Waals surface area (Å²) in [6.07, 6.45) is -1.10. The van der Waals surface area contributed by atoms with E-state index in [-0.39, 0.29) is 0 Å². The van der Waals surface area contributed by atoms with E-state index in [0.29, 0.717) is 5.56 Å². The third-order valence-electron chi connectivity index (χ3n) is 1.51. The molecular weight excluding hydrogens is 172 g/mol. The second-order valence-electron chi connectivity index (χ2n) is 2.37. The van der Waals surface area contributed by atoms with Crippen molar-refractivity contribution in [3.8, 4) is 0 Å². The molecule has 0 fully saturated rings. The van der Waals surface area contributed by atoms with Gasteiger partial charge in [0.05, 0.1) is 0 Å². The van der Waals surface area contributed by atoms with Crippen LogP contribution in [0.15, 0.2) is 35.7 Å². The SMILES string of the molecule is NC(=O)C(ON=O)c1ccccc1. The number of hydrogen-bond acceptors (Lipinski definition) is 4. The number of hydrogen-bond donors (Lipinski definition) is 1. The van der Waals surface area contributed by atoms with Crippen LogP contribution in [0.25, 0.3) is 0 Å². The molecule has 13 heavy (non-hydrogen) atoms. The summed E-state index contributed by atoms with van der Waals surface area (Å²) >= 11 is 0. The molecule has 0 saturated heterocycles. The van der Waals surface area contributed by atoms with Gasteiger partial charge in [-0.15, -0.1) is 4.91 Å². The zero-order valence-electron chi connectivity index (χ0n) is 6.71. The fourth-order valence-corrected chi connectivity index (χ4v) is 0.948. The van der Waals surface area contributed by atoms with Gasteiger partial charge >= 0.3 is 0 Å². The first-order valence-electron chi connectivity index (χ1n) is 3.58. The summed E-state index contributed by atoms with van der Waals surface area (Å²) in [5, 5.41) is 2.18. The number of benzene rings is 1. The van der Waals surface area contributed by atoms with Crippen molar-refractivity contribution in [3.05, 3.63) is 40.8 Å². The molecule has 0 aliphatic rings. The molecule has 1 aromatic rings. The highest BCUT2D eigenvalue weighted by atomic mass is 16.7. The number of amides is 1. The van der Waals surface area contributed by atoms with Gasteiger partial charge < -0.3 is 10.6 Å². The van der Waals surface area contributed by atoms with E-state index in [0.717, 1.165) is 0 Å². The molecule has 5 heteroatoms. The smallest absolute Gasteiger partial charge is 0.266 e. The van der Waals surface area contributed by atoms with Crippen LogP contribution in [0.3, 0.4) is 0 Å². The van der Waals surface area contributed by atoms with Crippen LogP contribution in [-0.4, -0.2) is 5.91 Å². The quantitative estimate of drug-likeness (QED) is 0.552. The van der Waals surface area contributed by atoms with Gasteiger partial charge in [-0.25, -0.2) is 0 Å². The Kier molecular flexibility index (Phi) is 2.97. The highest BCUT2D eigenvalue weighted by Crippen LogP contribution is 2.16. The molecule has 0 saturated carbocycles. The summed E-state index contributed by atoms with van der Waals surface area (Å²) in [5.74, 6) is -0.745. The highest BCUT2D eigenvalue weighted by Gasteiger charge is 2.19. The van der Waals surface area contributed by atoms with Crippen LogP contribution in [0.4, 0.5) is 0 Å². The van der Waals surface area contributed by atoms with Gasteiger partial charge in [0.1, 0.15) is 0 Å². The maximum atomic E-state index is 10.8. The number of carbonyl (C=O) groups excluding carboxylic acids is 1. The van der Waals surface area contributed by atoms with Crippen molar-refractivity contribution in [3.63, 3.8) is 0 Å². The normalized spacial score (nSPS) is 11.7. The summed E-state index contributed by atoms with van der Waals surface area (Å²) in [4.78, 5) is 24.9. The number of nitrogens with two attached hydrogens (primary N) is 1. The predicted octanol–water partition coefficient (Wildman–Crippen LogP) is 0.911. The Morgan fingerprint density at radius 3 is 2.46 bits per heavy atom. The largest absolute Gasteiger partial charge is 0.366 e. The number of nitrogens with zero attached hydrogens (tertiary/aromatic N) is 1. The van der Waals surface area contributed by atoms with Gasteiger partial charge in [-0.3, -0.25) is 4.79 Å². The number of primary amides is 1. The number of rotatable bonds is 4. The molecule has 2 N–H and O–H groups in total. The minimum Gasteiger partial charge on any atom is -0.366 e. The Hall–Kier alpha value is -1.91. The summed E-state index contributed by atoms with van der Waals surface area (Å²) < 4.78 is 0. The van der Waals surface area contributed by atoms with Gasteiger partial charge in [0, 0.05) is 5.56 Å². The van der Waals surface area contributed by atoms with Gasteiger partial charge in [-0.05, 0) is 0 Å². The minimum absolute atomic E-state index is 0.509. The van der Waals surface area contributed by atoms with Gasteiger partial charge in [-0.1, -0.05) is 30.3 Å². The van der Waals surface area contributed by atoms with Gasteiger partial charge in [0.2, 0.25) is 6.10 Å². The summed E-state index contributed by atoms with van der Waals surface area (Å²) in [5.41, 5.74) is 5.50. The molecule has 0 aromatic heterocycles. The molecule has 0 heterocycles. The van der Waals surface area contributed by atoms with Gasteiger partial charge in [0.15, 0.2) is 5.34 Å². The van der Waals surface area contributed by atoms with E-state index in [1.54, 1.807) is 30.3 Å². The van der Waals surface area contributed by atoms with Gasteiger partial charge in [-0.2, -0.15) is 0 Å². The molecular formula is C8H8N2O3. The first kappa shape index (κ1) is 9.18. The van der Waals surface area contributed by atoms with Crippen LogP contribution < -0.4 is 5.73 Å². The number of carbonyl (C=O) groups is 1. The zero-order chi connectivity index (χ0) is 9.68. The fourth-order valence-electron chi connectivity index (χ4n) is 0.948. The lowest BCUT2D eigenvalue weighted by atomic mass is 10.1. The van der Waals surface area contributed by atoms with E-state index in [1.807, 2.05) is 0 Å². The maximum Gasteiger partial charge on any atom is 0.266 e. The van der Waals surface area contributed by atoms with Crippen LogP contribution in [0.1, 0.15) is 11.7 Å². The van der Waals surface area contributed by atoms with E-state index in [4.69, 9.17) is 5.73 Å². The van der Waals surface area contributed by atoms with Crippen LogP contribution >= 0.6 is 0 Å². The molecule has 0 spiro atoms. The molecule has 1 atom stereocenters. The monoisotopic (exact) mass is 180 g/mol. The Balaban J connectivity index is 2.88. The first-order chi connectivity index (χ1) is 6.25. The topological polar surface area (TPSA) is 81.8 Å². The Morgan fingerprint density at radius 1 is 1.38 bits per heavy atom. The molecule has 0 radical (unpaired) electrons. The molecule has 1 aromatic carbocycles. The van der Waals surface area contributed by atoms with Crippen LogP contribution in [0, 0.1) is 4.91 Å². The molecule has 1 amide bonds. The van der Waals surface area contributed by atoms with Crippen molar-refractivity contribution in [2.24, 2.45) is 11.1 Å². The lowest BCUT2D eigenvalue weighted by Crippen LogP contribution is -2.22. The second-order valence-corrected chi connectivity index (χ2v) is 2.37. The highest BCUT2D eigenvalue weighted by molar-refractivity contribution is 5.80. The minimum atomic E-state index is -1.10. The second kappa shape index (κ2) is 4.20. The van der Waals surface area contributed by atoms with Crippen molar-refractivity contribution < 1.29 is 9.63 Å². The average molecular weight is 180 g/mol. The Bertz CT molecular complexity index is 300. The summed E-state index contributed by atoms with van der Waals surface area (Å²) in [6.45, 7) is 0. The molecule has 1 rings (SSSR count). The molecule has 0 aliphatic heterocycles. The van der Waals surface area contributed by atoms with Crippen molar-refractivity contribution >= 4 is 5.91 Å². The van der Waals surface area contributed by atoms with Crippen LogP contribution in [0.2, 0.25) is 0 Å². The first-order valence-corrected chi connectivity index (χ1v) is 3.58. The van der Waals surface area contributed by atoms with E-state index >= 15 is 0 Å². The molecule has 0 aliphatic carbocycles. The third-order valence-corrected chi connectivity index (χ3v) is 1.51. The van der Waals surface area contributed by atoms with Crippen molar-refractivity contribution in [2.75, 3.05) is 0 Å². The molecule has 68 valence electrons. The lowest BCUT2D eigenvalue weighted by Gasteiger charge is -2.08. The summed E-state index contributed by atoms with van der Waals surface area (Å²) in [6, 6.07) is 8.44. The summed E-state index contributed by atoms with van der Waals surface area (Å²) in [7, 11) is 0. The zero-order valence-corrected chi connectivity index (χ0v) is 6.71. The van der Waals surface area contributed by atoms with Crippen LogP contribution in [-0.2, 0) is 9.63 Å². The van der Waals surface area contributed by atoms with E-state index in [2.05, 4.69) is 10.2 Å².